The maximum Gasteiger partial charge on any atom is 0.303 e. The Morgan fingerprint density at radius 3 is 2.33 bits per heavy atom. The summed E-state index contributed by atoms with van der Waals surface area (Å²) in [6, 6.07) is 0. The molecule has 5 aliphatic carbocycles. The first kappa shape index (κ1) is 29.1. The van der Waals surface area contributed by atoms with Gasteiger partial charge >= 0.3 is 5.97 Å². The predicted molar refractivity (Wildman–Crippen MR) is 155 cm³/mol. The first-order valence-electron chi connectivity index (χ1n) is 16.0. The Balaban J connectivity index is 1.46. The molecular formula is C34H55NO4. The highest BCUT2D eigenvalue weighted by Gasteiger charge is 2.68. The van der Waals surface area contributed by atoms with Crippen molar-refractivity contribution in [2.45, 2.75) is 137 Å². The van der Waals surface area contributed by atoms with Crippen molar-refractivity contribution in [2.75, 3.05) is 0 Å². The van der Waals surface area contributed by atoms with E-state index in [0.29, 0.717) is 30.1 Å². The number of amides is 1. The summed E-state index contributed by atoms with van der Waals surface area (Å²) in [5.41, 5.74) is 1.97. The molecule has 5 rings (SSSR count). The fourth-order valence-electron chi connectivity index (χ4n) is 11.5. The molecule has 0 saturated heterocycles. The number of aliphatic hydroxyl groups excluding tert-OH is 1. The van der Waals surface area contributed by atoms with E-state index >= 15 is 0 Å². The second-order valence-corrected chi connectivity index (χ2v) is 15.9. The molecular weight excluding hydrogens is 486 g/mol. The summed E-state index contributed by atoms with van der Waals surface area (Å²) in [6.07, 6.45) is 12.9. The highest BCUT2D eigenvalue weighted by atomic mass is 16.4. The van der Waals surface area contributed by atoms with E-state index in [9.17, 15) is 14.7 Å². The number of carboxylic acid groups (broad SMARTS) is 1. The molecule has 5 nitrogen and oxygen atoms in total. The normalized spacial score (nSPS) is 50.9. The molecule has 220 valence electrons. The molecule has 0 aliphatic heterocycles. The SMILES string of the molecule is C[C@H]1[C@H](C)CC[C@]2(C)CC[C@]3(C)C(=CC[C@@H]4[C@@]5(C)CC[C@@H](O)[C@](C)(NC(=O)CCCC(=O)O)[C@@H]5CC[C@]43C)[C@H]12. The number of carbonyl (C=O) groups excluding carboxylic acids is 1. The molecule has 4 saturated carbocycles. The van der Waals surface area contributed by atoms with E-state index in [4.69, 9.17) is 5.11 Å². The molecule has 5 aliphatic rings. The molecule has 0 heterocycles. The number of allylic oxidation sites excluding steroid dienone is 2. The lowest BCUT2D eigenvalue weighted by atomic mass is 9.34. The van der Waals surface area contributed by atoms with Crippen LogP contribution in [0.3, 0.4) is 0 Å². The third-order valence-corrected chi connectivity index (χ3v) is 14.2. The summed E-state index contributed by atoms with van der Waals surface area (Å²) < 4.78 is 0. The van der Waals surface area contributed by atoms with Crippen LogP contribution in [0.15, 0.2) is 11.6 Å². The standard InChI is InChI=1S/C34H55NO4/c1-21-13-16-30(3)19-20-32(5)23(29(30)22(21)2)11-12-24-31(4)17-15-26(36)34(7,25(31)14-18-33(24,32)6)35-27(37)9-8-10-28(38)39/h11,21-22,24-26,29,36H,8-10,12-20H2,1-7H3,(H,35,37)(H,38,39)/t21-,22+,24-,25-,26-,29+,30-,31-,32-,33-,34-/m1/s1. The number of carbonyl (C=O) groups is 2. The predicted octanol–water partition coefficient (Wildman–Crippen LogP) is 7.13. The number of carboxylic acids is 1. The number of fused-ring (bicyclic) bond motifs is 7. The van der Waals surface area contributed by atoms with Crippen molar-refractivity contribution in [2.24, 2.45) is 51.2 Å². The van der Waals surface area contributed by atoms with Gasteiger partial charge in [0.25, 0.3) is 0 Å². The second kappa shape index (κ2) is 9.60. The Labute approximate surface area is 237 Å². The smallest absolute Gasteiger partial charge is 0.303 e. The van der Waals surface area contributed by atoms with Crippen LogP contribution in [-0.4, -0.2) is 33.7 Å². The average molecular weight is 542 g/mol. The molecule has 39 heavy (non-hydrogen) atoms. The summed E-state index contributed by atoms with van der Waals surface area (Å²) in [7, 11) is 0. The van der Waals surface area contributed by atoms with E-state index in [0.717, 1.165) is 37.5 Å². The molecule has 0 spiro atoms. The summed E-state index contributed by atoms with van der Waals surface area (Å²) >= 11 is 0. The van der Waals surface area contributed by atoms with E-state index < -0.39 is 17.6 Å². The quantitative estimate of drug-likeness (QED) is 0.323. The number of aliphatic hydroxyl groups is 1. The van der Waals surface area contributed by atoms with E-state index in [2.05, 4.69) is 59.9 Å². The highest BCUT2D eigenvalue weighted by Crippen LogP contribution is 2.75. The third-order valence-electron chi connectivity index (χ3n) is 14.2. The van der Waals surface area contributed by atoms with Crippen LogP contribution in [0.25, 0.3) is 0 Å². The minimum absolute atomic E-state index is 0.00105. The van der Waals surface area contributed by atoms with Gasteiger partial charge in [0.1, 0.15) is 0 Å². The van der Waals surface area contributed by atoms with Gasteiger partial charge in [-0.1, -0.05) is 53.2 Å². The molecule has 4 fully saturated rings. The van der Waals surface area contributed by atoms with Crippen LogP contribution in [0.4, 0.5) is 0 Å². The first-order valence-corrected chi connectivity index (χ1v) is 16.0. The van der Waals surface area contributed by atoms with Gasteiger partial charge in [0, 0.05) is 12.8 Å². The fourth-order valence-corrected chi connectivity index (χ4v) is 11.5. The number of nitrogens with one attached hydrogen (secondary N) is 1. The van der Waals surface area contributed by atoms with Crippen LogP contribution >= 0.6 is 0 Å². The van der Waals surface area contributed by atoms with Gasteiger partial charge in [0.2, 0.25) is 5.91 Å². The van der Waals surface area contributed by atoms with Crippen LogP contribution in [0.2, 0.25) is 0 Å². The minimum Gasteiger partial charge on any atom is -0.481 e. The van der Waals surface area contributed by atoms with Crippen LogP contribution in [0.1, 0.15) is 126 Å². The van der Waals surface area contributed by atoms with Gasteiger partial charge in [0.15, 0.2) is 0 Å². The Morgan fingerprint density at radius 1 is 0.923 bits per heavy atom. The number of hydrogen-bond donors (Lipinski definition) is 3. The third kappa shape index (κ3) is 4.17. The zero-order valence-electron chi connectivity index (χ0n) is 25.7. The van der Waals surface area contributed by atoms with Crippen molar-refractivity contribution in [3.05, 3.63) is 11.6 Å². The molecule has 0 radical (unpaired) electrons. The van der Waals surface area contributed by atoms with Gasteiger partial charge in [-0.3, -0.25) is 9.59 Å². The highest BCUT2D eigenvalue weighted by molar-refractivity contribution is 5.77. The van der Waals surface area contributed by atoms with Crippen molar-refractivity contribution in [3.63, 3.8) is 0 Å². The van der Waals surface area contributed by atoms with Crippen LogP contribution in [-0.2, 0) is 9.59 Å². The zero-order valence-corrected chi connectivity index (χ0v) is 25.7. The fraction of sp³-hybridized carbons (Fsp3) is 0.882. The molecule has 5 heteroatoms. The van der Waals surface area contributed by atoms with Gasteiger partial charge in [-0.25, -0.2) is 0 Å². The minimum atomic E-state index is -0.871. The Morgan fingerprint density at radius 2 is 1.64 bits per heavy atom. The lowest BCUT2D eigenvalue weighted by Gasteiger charge is -2.71. The Kier molecular flexibility index (Phi) is 7.17. The lowest BCUT2D eigenvalue weighted by molar-refractivity contribution is -0.193. The Hall–Kier alpha value is -1.36. The molecule has 0 bridgehead atoms. The van der Waals surface area contributed by atoms with Gasteiger partial charge in [-0.2, -0.15) is 0 Å². The van der Waals surface area contributed by atoms with Gasteiger partial charge in [0.05, 0.1) is 11.6 Å². The van der Waals surface area contributed by atoms with Crippen molar-refractivity contribution in [1.29, 1.82) is 0 Å². The summed E-state index contributed by atoms with van der Waals surface area (Å²) in [4.78, 5) is 24.0. The van der Waals surface area contributed by atoms with E-state index in [-0.39, 0.29) is 40.9 Å². The lowest BCUT2D eigenvalue weighted by Crippen LogP contribution is -2.71. The molecule has 0 aromatic heterocycles. The number of aliphatic carboxylic acids is 1. The maximum atomic E-state index is 13.0. The van der Waals surface area contributed by atoms with Gasteiger partial charge < -0.3 is 15.5 Å². The molecule has 0 aromatic carbocycles. The maximum absolute atomic E-state index is 13.0. The van der Waals surface area contributed by atoms with Crippen molar-refractivity contribution in [3.8, 4) is 0 Å². The van der Waals surface area contributed by atoms with Gasteiger partial charge in [-0.15, -0.1) is 0 Å². The van der Waals surface area contributed by atoms with Crippen molar-refractivity contribution >= 4 is 11.9 Å². The molecule has 1 amide bonds. The van der Waals surface area contributed by atoms with Crippen LogP contribution < -0.4 is 5.32 Å². The van der Waals surface area contributed by atoms with E-state index in [1.54, 1.807) is 5.57 Å². The first-order chi connectivity index (χ1) is 18.1. The summed E-state index contributed by atoms with van der Waals surface area (Å²) in [6.45, 7) is 17.3. The Bertz CT molecular complexity index is 1040. The topological polar surface area (TPSA) is 86.6 Å². The van der Waals surface area contributed by atoms with Crippen LogP contribution in [0.5, 0.6) is 0 Å². The summed E-state index contributed by atoms with van der Waals surface area (Å²) in [5, 5.41) is 23.6. The van der Waals surface area contributed by atoms with Crippen molar-refractivity contribution < 1.29 is 19.8 Å². The van der Waals surface area contributed by atoms with E-state index in [1.165, 1.54) is 25.7 Å². The molecule has 3 N–H and O–H groups in total. The molecule has 11 atom stereocenters. The largest absolute Gasteiger partial charge is 0.481 e. The number of hydrogen-bond acceptors (Lipinski definition) is 3. The van der Waals surface area contributed by atoms with Crippen LogP contribution in [0, 0.1) is 51.2 Å². The second-order valence-electron chi connectivity index (χ2n) is 15.9. The van der Waals surface area contributed by atoms with Crippen molar-refractivity contribution in [1.82, 2.24) is 5.32 Å². The number of rotatable bonds is 5. The molecule has 0 aromatic rings. The average Bonchev–Trinajstić information content (AvgIpc) is 2.85. The monoisotopic (exact) mass is 541 g/mol. The van der Waals surface area contributed by atoms with Gasteiger partial charge in [-0.05, 0) is 122 Å². The zero-order chi connectivity index (χ0) is 28.6. The molecule has 0 unspecified atom stereocenters. The summed E-state index contributed by atoms with van der Waals surface area (Å²) in [5.74, 6) is 1.93. The van der Waals surface area contributed by atoms with E-state index in [1.807, 2.05) is 0 Å².